The highest BCUT2D eigenvalue weighted by molar-refractivity contribution is 7.47. The predicted octanol–water partition coefficient (Wildman–Crippen LogP) is 10.2. The number of carbonyl (C=O) groups excluding carboxylic acids is 2. The molecule has 0 aliphatic heterocycles. The molecule has 366 valence electrons. The highest BCUT2D eigenvalue weighted by Crippen LogP contribution is 2.47. The van der Waals surface area contributed by atoms with E-state index in [1.807, 2.05) is 6.08 Å². The molecule has 14 heteroatoms. The normalized spacial score (nSPS) is 21.9. The van der Waals surface area contributed by atoms with E-state index in [-0.39, 0.29) is 12.8 Å². The molecule has 1 rings (SSSR count). The number of rotatable bonds is 42. The van der Waals surface area contributed by atoms with E-state index in [2.05, 4.69) is 19.9 Å². The van der Waals surface area contributed by atoms with E-state index in [9.17, 15) is 44.6 Å². The second-order valence-corrected chi connectivity index (χ2v) is 19.1. The molecule has 1 saturated carbocycles. The summed E-state index contributed by atoms with van der Waals surface area (Å²) in [5.41, 5.74) is 0. The van der Waals surface area contributed by atoms with E-state index in [0.29, 0.717) is 12.8 Å². The average molecular weight is 907 g/mol. The van der Waals surface area contributed by atoms with Gasteiger partial charge in [0.1, 0.15) is 43.2 Å². The lowest BCUT2D eigenvalue weighted by molar-refractivity contribution is -0.220. The van der Waals surface area contributed by atoms with Crippen molar-refractivity contribution in [1.29, 1.82) is 0 Å². The van der Waals surface area contributed by atoms with Crippen molar-refractivity contribution in [3.05, 3.63) is 12.2 Å². The van der Waals surface area contributed by atoms with E-state index in [1.165, 1.54) is 154 Å². The molecule has 1 aliphatic rings. The number of phosphoric acid groups is 1. The van der Waals surface area contributed by atoms with Gasteiger partial charge in [-0.3, -0.25) is 18.6 Å². The lowest BCUT2D eigenvalue weighted by Crippen LogP contribution is -2.64. The number of carbonyl (C=O) groups is 2. The quantitative estimate of drug-likeness (QED) is 0.0146. The van der Waals surface area contributed by atoms with Gasteiger partial charge in [-0.2, -0.15) is 0 Å². The Bertz CT molecular complexity index is 1140. The molecule has 0 saturated heterocycles. The molecule has 1 aliphatic carbocycles. The lowest BCUT2D eigenvalue weighted by atomic mass is 9.85. The van der Waals surface area contributed by atoms with Crippen LogP contribution >= 0.6 is 7.82 Å². The largest absolute Gasteiger partial charge is 0.472 e. The lowest BCUT2D eigenvalue weighted by Gasteiger charge is -2.41. The Morgan fingerprint density at radius 1 is 0.484 bits per heavy atom. The van der Waals surface area contributed by atoms with E-state index in [0.717, 1.165) is 32.1 Å². The molecule has 0 aromatic carbocycles. The monoisotopic (exact) mass is 907 g/mol. The number of allylic oxidation sites excluding steroid dienone is 2. The van der Waals surface area contributed by atoms with Crippen molar-refractivity contribution in [3.63, 3.8) is 0 Å². The number of hydrogen-bond acceptors (Lipinski definition) is 12. The number of aliphatic hydroxyl groups is 5. The van der Waals surface area contributed by atoms with Crippen LogP contribution in [0.2, 0.25) is 0 Å². The highest BCUT2D eigenvalue weighted by atomic mass is 31.2. The van der Waals surface area contributed by atoms with Gasteiger partial charge >= 0.3 is 19.8 Å². The molecule has 1 fully saturated rings. The third-order valence-corrected chi connectivity index (χ3v) is 12.9. The highest BCUT2D eigenvalue weighted by Gasteiger charge is 2.51. The minimum absolute atomic E-state index is 0.0884. The molecule has 0 heterocycles. The molecular formula is C48H91O13P. The summed E-state index contributed by atoms with van der Waals surface area (Å²) in [5, 5.41) is 50.2. The fourth-order valence-electron chi connectivity index (χ4n) is 7.84. The molecule has 13 nitrogen and oxygen atoms in total. The molecule has 0 amide bonds. The van der Waals surface area contributed by atoms with Gasteiger partial charge in [-0.1, -0.05) is 199 Å². The Morgan fingerprint density at radius 2 is 0.855 bits per heavy atom. The Morgan fingerprint density at radius 3 is 1.29 bits per heavy atom. The minimum atomic E-state index is -5.12. The van der Waals surface area contributed by atoms with Gasteiger partial charge in [0.25, 0.3) is 0 Å². The first-order valence-corrected chi connectivity index (χ1v) is 26.5. The predicted molar refractivity (Wildman–Crippen MR) is 244 cm³/mol. The van der Waals surface area contributed by atoms with Gasteiger partial charge in [0, 0.05) is 12.8 Å². The molecule has 62 heavy (non-hydrogen) atoms. The Balaban J connectivity index is 2.42. The average Bonchev–Trinajstić information content (AvgIpc) is 3.25. The molecule has 0 aromatic rings. The van der Waals surface area contributed by atoms with Crippen molar-refractivity contribution >= 4 is 19.8 Å². The van der Waals surface area contributed by atoms with Gasteiger partial charge < -0.3 is 39.9 Å². The van der Waals surface area contributed by atoms with Crippen molar-refractivity contribution < 1.29 is 63.1 Å². The summed E-state index contributed by atoms with van der Waals surface area (Å²) in [5.74, 6) is -1.14. The zero-order valence-electron chi connectivity index (χ0n) is 38.9. The number of phosphoric ester groups is 1. The van der Waals surface area contributed by atoms with Crippen LogP contribution in [0, 0.1) is 0 Å². The molecular weight excluding hydrogens is 815 g/mol. The third kappa shape index (κ3) is 30.7. The molecule has 8 atom stereocenters. The van der Waals surface area contributed by atoms with Crippen LogP contribution in [-0.2, 0) is 32.7 Å². The summed E-state index contributed by atoms with van der Waals surface area (Å²) in [7, 11) is -5.12. The molecule has 0 radical (unpaired) electrons. The number of unbranched alkanes of at least 4 members (excludes halogenated alkanes) is 28. The van der Waals surface area contributed by atoms with Crippen molar-refractivity contribution in [2.75, 3.05) is 13.2 Å². The molecule has 0 bridgehead atoms. The van der Waals surface area contributed by atoms with Crippen LogP contribution < -0.4 is 0 Å². The number of ether oxygens (including phenoxy) is 2. The maximum Gasteiger partial charge on any atom is 0.472 e. The number of esters is 2. The Hall–Kier alpha value is -1.41. The molecule has 0 aromatic heterocycles. The standard InChI is InChI=1S/C48H91O13P/c1-3-5-7-9-11-13-15-17-19-20-21-23-25-27-29-31-33-35-37-42(50)60-40(39-59-62(56,57)61-48-46(54)44(52)43(51)45(53)47(48)55)38-58-41(49)36-34-32-30-28-26-24-22-18-16-14-12-10-8-6-4-2/h30,32,40,43-48,51-55H,3-29,31,33-39H2,1-2H3,(H,56,57)/b32-30+/t40-,43?,44+,45?,46?,47?,48?/m1/s1. The van der Waals surface area contributed by atoms with Gasteiger partial charge in [-0.25, -0.2) is 4.57 Å². The Labute approximate surface area is 375 Å². The Kier molecular flexibility index (Phi) is 36.7. The van der Waals surface area contributed by atoms with E-state index in [4.69, 9.17) is 18.5 Å². The summed E-state index contributed by atoms with van der Waals surface area (Å²) < 4.78 is 33.5. The SMILES string of the molecule is CCCCCCCCCCCCC/C=C/CCC(=O)OC[C@H](COP(=O)(O)OC1C(O)C(O)C(O)[C@H](O)C1O)OC(=O)CCCCCCCCCCCCCCCCCCCC. The summed E-state index contributed by atoms with van der Waals surface area (Å²) in [4.78, 5) is 35.7. The van der Waals surface area contributed by atoms with Crippen molar-refractivity contribution in [2.45, 2.75) is 268 Å². The van der Waals surface area contributed by atoms with Crippen LogP contribution in [0.25, 0.3) is 0 Å². The van der Waals surface area contributed by atoms with E-state index in [1.54, 1.807) is 0 Å². The van der Waals surface area contributed by atoms with Crippen molar-refractivity contribution in [2.24, 2.45) is 0 Å². The third-order valence-electron chi connectivity index (χ3n) is 11.9. The first-order chi connectivity index (χ1) is 29.9. The van der Waals surface area contributed by atoms with Gasteiger partial charge in [-0.05, 0) is 25.7 Å². The maximum absolute atomic E-state index is 12.8. The number of aliphatic hydroxyl groups excluding tert-OH is 5. The minimum Gasteiger partial charge on any atom is -0.462 e. The summed E-state index contributed by atoms with van der Waals surface area (Å²) in [6, 6.07) is 0. The van der Waals surface area contributed by atoms with Crippen molar-refractivity contribution in [3.8, 4) is 0 Å². The van der Waals surface area contributed by atoms with Gasteiger partial charge in [-0.15, -0.1) is 0 Å². The van der Waals surface area contributed by atoms with Crippen LogP contribution in [0.1, 0.15) is 226 Å². The van der Waals surface area contributed by atoms with Crippen LogP contribution in [0.15, 0.2) is 12.2 Å². The van der Waals surface area contributed by atoms with Gasteiger partial charge in [0.05, 0.1) is 6.61 Å². The second kappa shape index (κ2) is 38.8. The fourth-order valence-corrected chi connectivity index (χ4v) is 8.81. The molecule has 0 spiro atoms. The van der Waals surface area contributed by atoms with Gasteiger partial charge in [0.2, 0.25) is 0 Å². The zero-order chi connectivity index (χ0) is 45.7. The summed E-state index contributed by atoms with van der Waals surface area (Å²) >= 11 is 0. The zero-order valence-corrected chi connectivity index (χ0v) is 39.8. The maximum atomic E-state index is 12.8. The molecule has 6 N–H and O–H groups in total. The van der Waals surface area contributed by atoms with E-state index >= 15 is 0 Å². The van der Waals surface area contributed by atoms with Crippen LogP contribution in [0.4, 0.5) is 0 Å². The van der Waals surface area contributed by atoms with Gasteiger partial charge in [0.15, 0.2) is 6.10 Å². The van der Waals surface area contributed by atoms with Crippen LogP contribution in [0.5, 0.6) is 0 Å². The van der Waals surface area contributed by atoms with Crippen LogP contribution in [0.3, 0.4) is 0 Å². The number of hydrogen-bond donors (Lipinski definition) is 6. The van der Waals surface area contributed by atoms with E-state index < -0.39 is 75.7 Å². The van der Waals surface area contributed by atoms with Crippen molar-refractivity contribution in [1.82, 2.24) is 0 Å². The smallest absolute Gasteiger partial charge is 0.462 e. The topological polar surface area (TPSA) is 210 Å². The second-order valence-electron chi connectivity index (χ2n) is 17.7. The fraction of sp³-hybridized carbons (Fsp3) is 0.917. The summed E-state index contributed by atoms with van der Waals surface area (Å²) in [6.07, 6.45) is 28.5. The molecule has 6 unspecified atom stereocenters. The summed E-state index contributed by atoms with van der Waals surface area (Å²) in [6.45, 7) is 3.30. The van der Waals surface area contributed by atoms with Crippen LogP contribution in [-0.4, -0.2) is 98.3 Å². The first kappa shape index (κ1) is 58.6. The first-order valence-electron chi connectivity index (χ1n) is 25.0.